The molecule has 2 aromatic carbocycles. The Kier molecular flexibility index (Phi) is 4.94. The standard InChI is InChI=1S/C18H20O2/c1-14(16-9-6-10-17(13-16)20-2)18(19)12-11-15-7-4-3-5-8-15/h3-10,13-14H,11-12H2,1-2H3. The molecule has 0 heterocycles. The van der Waals surface area contributed by atoms with E-state index in [1.807, 2.05) is 49.4 Å². The number of carbonyl (C=O) groups excluding carboxylic acids is 1. The van der Waals surface area contributed by atoms with Gasteiger partial charge in [0.05, 0.1) is 7.11 Å². The molecule has 2 rings (SSSR count). The third-order valence-corrected chi connectivity index (χ3v) is 3.58. The Morgan fingerprint density at radius 1 is 1.10 bits per heavy atom. The van der Waals surface area contributed by atoms with Gasteiger partial charge in [-0.15, -0.1) is 0 Å². The van der Waals surface area contributed by atoms with Gasteiger partial charge in [-0.05, 0) is 29.7 Å². The minimum Gasteiger partial charge on any atom is -0.497 e. The molecular formula is C18H20O2. The molecule has 0 aliphatic carbocycles. The molecule has 1 unspecified atom stereocenters. The number of ether oxygens (including phenoxy) is 1. The van der Waals surface area contributed by atoms with Crippen molar-refractivity contribution in [2.75, 3.05) is 7.11 Å². The number of Topliss-reactive ketones (excluding diaryl/α,β-unsaturated/α-hetero) is 1. The van der Waals surface area contributed by atoms with Gasteiger partial charge in [-0.2, -0.15) is 0 Å². The van der Waals surface area contributed by atoms with Gasteiger partial charge in [-0.25, -0.2) is 0 Å². The highest BCUT2D eigenvalue weighted by molar-refractivity contribution is 5.85. The van der Waals surface area contributed by atoms with Gasteiger partial charge in [0, 0.05) is 12.3 Å². The van der Waals surface area contributed by atoms with Crippen LogP contribution in [0.5, 0.6) is 5.75 Å². The first-order chi connectivity index (χ1) is 9.70. The van der Waals surface area contributed by atoms with Crippen LogP contribution in [-0.2, 0) is 11.2 Å². The average molecular weight is 268 g/mol. The molecule has 20 heavy (non-hydrogen) atoms. The van der Waals surface area contributed by atoms with Gasteiger partial charge in [0.1, 0.15) is 11.5 Å². The third kappa shape index (κ3) is 3.70. The van der Waals surface area contributed by atoms with Crippen LogP contribution in [0.2, 0.25) is 0 Å². The van der Waals surface area contributed by atoms with E-state index in [1.54, 1.807) is 7.11 Å². The molecule has 0 radical (unpaired) electrons. The summed E-state index contributed by atoms with van der Waals surface area (Å²) in [6.45, 7) is 1.96. The summed E-state index contributed by atoms with van der Waals surface area (Å²) < 4.78 is 5.20. The Morgan fingerprint density at radius 2 is 1.85 bits per heavy atom. The summed E-state index contributed by atoms with van der Waals surface area (Å²) in [7, 11) is 1.64. The van der Waals surface area contributed by atoms with Gasteiger partial charge in [-0.1, -0.05) is 49.4 Å². The zero-order valence-corrected chi connectivity index (χ0v) is 12.0. The van der Waals surface area contributed by atoms with Crippen LogP contribution in [0.3, 0.4) is 0 Å². The molecule has 2 heteroatoms. The molecule has 0 aliphatic rings. The van der Waals surface area contributed by atoms with Crippen molar-refractivity contribution < 1.29 is 9.53 Å². The van der Waals surface area contributed by atoms with Crippen molar-refractivity contribution in [3.8, 4) is 5.75 Å². The fourth-order valence-electron chi connectivity index (χ4n) is 2.23. The van der Waals surface area contributed by atoms with E-state index in [0.29, 0.717) is 6.42 Å². The number of carbonyl (C=O) groups is 1. The maximum Gasteiger partial charge on any atom is 0.140 e. The van der Waals surface area contributed by atoms with E-state index in [1.165, 1.54) is 5.56 Å². The van der Waals surface area contributed by atoms with Crippen LogP contribution < -0.4 is 4.74 Å². The third-order valence-electron chi connectivity index (χ3n) is 3.58. The molecule has 2 nitrogen and oxygen atoms in total. The number of methoxy groups -OCH3 is 1. The molecule has 0 aromatic heterocycles. The van der Waals surface area contributed by atoms with Gasteiger partial charge in [0.2, 0.25) is 0 Å². The van der Waals surface area contributed by atoms with Crippen molar-refractivity contribution in [2.24, 2.45) is 0 Å². The van der Waals surface area contributed by atoms with Gasteiger partial charge < -0.3 is 4.74 Å². The highest BCUT2D eigenvalue weighted by Gasteiger charge is 2.15. The van der Waals surface area contributed by atoms with E-state index in [0.717, 1.165) is 17.7 Å². The predicted octanol–water partition coefficient (Wildman–Crippen LogP) is 4.00. The van der Waals surface area contributed by atoms with E-state index in [9.17, 15) is 4.79 Å². The second-order valence-corrected chi connectivity index (χ2v) is 4.95. The second-order valence-electron chi connectivity index (χ2n) is 4.95. The van der Waals surface area contributed by atoms with Crippen LogP contribution in [0, 0.1) is 0 Å². The maximum absolute atomic E-state index is 12.3. The maximum atomic E-state index is 12.3. The minimum atomic E-state index is -0.0891. The first-order valence-electron chi connectivity index (χ1n) is 6.91. The van der Waals surface area contributed by atoms with Crippen molar-refractivity contribution in [1.82, 2.24) is 0 Å². The number of hydrogen-bond acceptors (Lipinski definition) is 2. The van der Waals surface area contributed by atoms with Gasteiger partial charge >= 0.3 is 0 Å². The number of aryl methyl sites for hydroxylation is 1. The molecule has 1 atom stereocenters. The summed E-state index contributed by atoms with van der Waals surface area (Å²) in [6, 6.07) is 17.9. The Bertz CT molecular complexity index is 561. The first-order valence-corrected chi connectivity index (χ1v) is 6.91. The van der Waals surface area contributed by atoms with Crippen LogP contribution in [-0.4, -0.2) is 12.9 Å². The lowest BCUT2D eigenvalue weighted by Crippen LogP contribution is -2.10. The average Bonchev–Trinajstić information content (AvgIpc) is 2.53. The van der Waals surface area contributed by atoms with Crippen molar-refractivity contribution in [1.29, 1.82) is 0 Å². The Morgan fingerprint density at radius 3 is 2.55 bits per heavy atom. The van der Waals surface area contributed by atoms with Crippen LogP contribution in [0.25, 0.3) is 0 Å². The lowest BCUT2D eigenvalue weighted by atomic mass is 9.93. The van der Waals surface area contributed by atoms with E-state index in [2.05, 4.69) is 12.1 Å². The Hall–Kier alpha value is -2.09. The lowest BCUT2D eigenvalue weighted by molar-refractivity contribution is -0.120. The topological polar surface area (TPSA) is 26.3 Å². The Balaban J connectivity index is 1.98. The highest BCUT2D eigenvalue weighted by Crippen LogP contribution is 2.22. The second kappa shape index (κ2) is 6.90. The van der Waals surface area contributed by atoms with E-state index < -0.39 is 0 Å². The molecule has 0 saturated carbocycles. The van der Waals surface area contributed by atoms with Crippen molar-refractivity contribution in [3.63, 3.8) is 0 Å². The van der Waals surface area contributed by atoms with Gasteiger partial charge in [0.15, 0.2) is 0 Å². The molecule has 104 valence electrons. The summed E-state index contributed by atoms with van der Waals surface area (Å²) in [5.74, 6) is 0.973. The van der Waals surface area contributed by atoms with Crippen molar-refractivity contribution >= 4 is 5.78 Å². The molecule has 0 bridgehead atoms. The highest BCUT2D eigenvalue weighted by atomic mass is 16.5. The minimum absolute atomic E-state index is 0.0891. The summed E-state index contributed by atoms with van der Waals surface area (Å²) in [6.07, 6.45) is 1.37. The Labute approximate surface area is 120 Å². The zero-order valence-electron chi connectivity index (χ0n) is 12.0. The fraction of sp³-hybridized carbons (Fsp3) is 0.278. The van der Waals surface area contributed by atoms with Crippen LogP contribution in [0.4, 0.5) is 0 Å². The fourth-order valence-corrected chi connectivity index (χ4v) is 2.23. The monoisotopic (exact) mass is 268 g/mol. The number of ketones is 1. The molecule has 0 amide bonds. The van der Waals surface area contributed by atoms with E-state index >= 15 is 0 Å². The largest absolute Gasteiger partial charge is 0.497 e. The number of benzene rings is 2. The van der Waals surface area contributed by atoms with E-state index in [4.69, 9.17) is 4.74 Å². The van der Waals surface area contributed by atoms with Gasteiger partial charge in [0.25, 0.3) is 0 Å². The quantitative estimate of drug-likeness (QED) is 0.791. The molecule has 2 aromatic rings. The predicted molar refractivity (Wildman–Crippen MR) is 81.2 cm³/mol. The summed E-state index contributed by atoms with van der Waals surface area (Å²) in [5, 5.41) is 0. The van der Waals surface area contributed by atoms with Crippen molar-refractivity contribution in [3.05, 3.63) is 65.7 Å². The lowest BCUT2D eigenvalue weighted by Gasteiger charge is -2.12. The van der Waals surface area contributed by atoms with Crippen molar-refractivity contribution in [2.45, 2.75) is 25.7 Å². The smallest absolute Gasteiger partial charge is 0.140 e. The van der Waals surface area contributed by atoms with Crippen LogP contribution in [0.1, 0.15) is 30.4 Å². The van der Waals surface area contributed by atoms with Crippen LogP contribution >= 0.6 is 0 Å². The molecule has 0 aliphatic heterocycles. The molecule has 0 N–H and O–H groups in total. The summed E-state index contributed by atoms with van der Waals surface area (Å²) >= 11 is 0. The van der Waals surface area contributed by atoms with E-state index in [-0.39, 0.29) is 11.7 Å². The number of rotatable bonds is 6. The van der Waals surface area contributed by atoms with Crippen LogP contribution in [0.15, 0.2) is 54.6 Å². The summed E-state index contributed by atoms with van der Waals surface area (Å²) in [5.41, 5.74) is 2.22. The first kappa shape index (κ1) is 14.3. The zero-order chi connectivity index (χ0) is 14.4. The molecule has 0 saturated heterocycles. The normalized spacial score (nSPS) is 11.9. The molecule has 0 spiro atoms. The molecular weight excluding hydrogens is 248 g/mol. The summed E-state index contributed by atoms with van der Waals surface area (Å²) in [4.78, 5) is 12.3. The SMILES string of the molecule is COc1cccc(C(C)C(=O)CCc2ccccc2)c1. The number of hydrogen-bond donors (Lipinski definition) is 0. The molecule has 0 fully saturated rings. The van der Waals surface area contributed by atoms with Gasteiger partial charge in [-0.3, -0.25) is 4.79 Å².